The summed E-state index contributed by atoms with van der Waals surface area (Å²) in [6, 6.07) is 20.3. The van der Waals surface area contributed by atoms with Crippen molar-refractivity contribution < 1.29 is 4.74 Å². The number of hydrogen-bond donors (Lipinski definition) is 1. The summed E-state index contributed by atoms with van der Waals surface area (Å²) in [5.74, 6) is 0.648. The van der Waals surface area contributed by atoms with Crippen LogP contribution in [-0.2, 0) is 13.1 Å². The maximum atomic E-state index is 6.48. The fourth-order valence-corrected chi connectivity index (χ4v) is 3.07. The molecule has 0 atom stereocenters. The van der Waals surface area contributed by atoms with Crippen LogP contribution in [0.4, 0.5) is 0 Å². The molecule has 1 aromatic heterocycles. The predicted molar refractivity (Wildman–Crippen MR) is 112 cm³/mol. The minimum atomic E-state index is -0.238. The van der Waals surface area contributed by atoms with Crippen molar-refractivity contribution in [3.8, 4) is 17.0 Å². The van der Waals surface area contributed by atoms with Gasteiger partial charge >= 0.3 is 0 Å². The lowest BCUT2D eigenvalue weighted by Crippen LogP contribution is -2.23. The van der Waals surface area contributed by atoms with E-state index in [2.05, 4.69) is 34.6 Å². The van der Waals surface area contributed by atoms with Crippen molar-refractivity contribution in [3.63, 3.8) is 0 Å². The zero-order chi connectivity index (χ0) is 19.3. The highest BCUT2D eigenvalue weighted by atomic mass is 35.5. The van der Waals surface area contributed by atoms with Crippen molar-refractivity contribution in [3.05, 3.63) is 83.0 Å². The molecular weight excluding hydrogens is 356 g/mol. The Hall–Kier alpha value is -2.36. The van der Waals surface area contributed by atoms with Crippen LogP contribution < -0.4 is 10.1 Å². The molecule has 0 unspecified atom stereocenters. The van der Waals surface area contributed by atoms with Crippen LogP contribution >= 0.6 is 11.6 Å². The highest BCUT2D eigenvalue weighted by molar-refractivity contribution is 6.33. The van der Waals surface area contributed by atoms with Gasteiger partial charge in [-0.3, -0.25) is 0 Å². The molecule has 0 saturated heterocycles. The molecule has 0 aliphatic rings. The molecule has 1 heterocycles. The van der Waals surface area contributed by atoms with E-state index in [-0.39, 0.29) is 5.60 Å². The molecule has 0 aliphatic heterocycles. The highest BCUT2D eigenvalue weighted by Crippen LogP contribution is 2.28. The third-order valence-electron chi connectivity index (χ3n) is 3.98. The molecule has 1 N–H and O–H groups in total. The van der Waals surface area contributed by atoms with E-state index in [1.807, 2.05) is 63.4 Å². The van der Waals surface area contributed by atoms with E-state index < -0.39 is 0 Å². The van der Waals surface area contributed by atoms with Crippen LogP contribution in [0.25, 0.3) is 11.1 Å². The Morgan fingerprint density at radius 1 is 0.926 bits per heavy atom. The largest absolute Gasteiger partial charge is 0.472 e. The molecule has 0 amide bonds. The Balaban J connectivity index is 1.55. The summed E-state index contributed by atoms with van der Waals surface area (Å²) < 4.78 is 5.75. The fraction of sp³-hybridized carbons (Fsp3) is 0.261. The molecular formula is C23H25ClN2O. The van der Waals surface area contributed by atoms with Crippen LogP contribution in [0.2, 0.25) is 5.02 Å². The van der Waals surface area contributed by atoms with Gasteiger partial charge in [0.15, 0.2) is 0 Å². The Labute approximate surface area is 166 Å². The molecule has 0 spiro atoms. The number of rotatable bonds is 6. The molecule has 140 valence electrons. The van der Waals surface area contributed by atoms with Crippen LogP contribution in [0.5, 0.6) is 5.88 Å². The molecule has 0 aliphatic carbocycles. The zero-order valence-electron chi connectivity index (χ0n) is 16.0. The standard InChI is InChI=1S/C23H25ClN2O/c1-23(2,3)27-22-12-10-18(16-26-22)15-25-14-17-9-11-20(21(24)13-17)19-7-5-4-6-8-19/h4-13,16,25H,14-15H2,1-3H3. The van der Waals surface area contributed by atoms with Gasteiger partial charge in [-0.1, -0.05) is 60.1 Å². The van der Waals surface area contributed by atoms with Gasteiger partial charge in [-0.05, 0) is 43.5 Å². The SMILES string of the molecule is CC(C)(C)Oc1ccc(CNCc2ccc(-c3ccccc3)c(Cl)c2)cn1. The van der Waals surface area contributed by atoms with Crippen LogP contribution in [0.1, 0.15) is 31.9 Å². The third kappa shape index (κ3) is 5.81. The summed E-state index contributed by atoms with van der Waals surface area (Å²) in [5.41, 5.74) is 4.21. The van der Waals surface area contributed by atoms with Gasteiger partial charge in [-0.15, -0.1) is 0 Å². The zero-order valence-corrected chi connectivity index (χ0v) is 16.8. The Morgan fingerprint density at radius 2 is 1.63 bits per heavy atom. The van der Waals surface area contributed by atoms with Crippen molar-refractivity contribution in [1.29, 1.82) is 0 Å². The van der Waals surface area contributed by atoms with Gasteiger partial charge in [0.25, 0.3) is 0 Å². The van der Waals surface area contributed by atoms with Crippen molar-refractivity contribution in [2.75, 3.05) is 0 Å². The van der Waals surface area contributed by atoms with Crippen molar-refractivity contribution in [1.82, 2.24) is 10.3 Å². The van der Waals surface area contributed by atoms with Crippen molar-refractivity contribution in [2.24, 2.45) is 0 Å². The second-order valence-corrected chi connectivity index (χ2v) is 7.91. The van der Waals surface area contributed by atoms with E-state index in [1.165, 1.54) is 0 Å². The first-order chi connectivity index (χ1) is 12.9. The molecule has 0 bridgehead atoms. The lowest BCUT2D eigenvalue weighted by molar-refractivity contribution is 0.124. The molecule has 2 aromatic carbocycles. The number of hydrogen-bond acceptors (Lipinski definition) is 3. The van der Waals surface area contributed by atoms with E-state index >= 15 is 0 Å². The molecule has 27 heavy (non-hydrogen) atoms. The summed E-state index contributed by atoms with van der Waals surface area (Å²) in [6.45, 7) is 7.52. The average Bonchev–Trinajstić information content (AvgIpc) is 2.63. The number of aromatic nitrogens is 1. The normalized spacial score (nSPS) is 11.4. The summed E-state index contributed by atoms with van der Waals surface area (Å²) >= 11 is 6.48. The van der Waals surface area contributed by atoms with Gasteiger partial charge in [0.2, 0.25) is 5.88 Å². The van der Waals surface area contributed by atoms with E-state index in [9.17, 15) is 0 Å². The molecule has 0 fully saturated rings. The first-order valence-electron chi connectivity index (χ1n) is 9.09. The van der Waals surface area contributed by atoms with Crippen LogP contribution in [0.15, 0.2) is 66.9 Å². The summed E-state index contributed by atoms with van der Waals surface area (Å²) in [4.78, 5) is 4.37. The second kappa shape index (κ2) is 8.55. The summed E-state index contributed by atoms with van der Waals surface area (Å²) in [5, 5.41) is 4.20. The number of pyridine rings is 1. The van der Waals surface area contributed by atoms with Gasteiger partial charge in [0.05, 0.1) is 0 Å². The maximum absolute atomic E-state index is 6.48. The van der Waals surface area contributed by atoms with Gasteiger partial charge in [0, 0.05) is 35.9 Å². The quantitative estimate of drug-likeness (QED) is 0.580. The Morgan fingerprint density at radius 3 is 2.26 bits per heavy atom. The van der Waals surface area contributed by atoms with Gasteiger partial charge < -0.3 is 10.1 Å². The number of nitrogens with zero attached hydrogens (tertiary/aromatic N) is 1. The first-order valence-corrected chi connectivity index (χ1v) is 9.47. The predicted octanol–water partition coefficient (Wildman–Crippen LogP) is 5.87. The molecule has 0 radical (unpaired) electrons. The minimum absolute atomic E-state index is 0.238. The monoisotopic (exact) mass is 380 g/mol. The minimum Gasteiger partial charge on any atom is -0.472 e. The van der Waals surface area contributed by atoms with Crippen molar-refractivity contribution >= 4 is 11.6 Å². The van der Waals surface area contributed by atoms with Crippen LogP contribution in [0.3, 0.4) is 0 Å². The molecule has 0 saturated carbocycles. The molecule has 3 rings (SSSR count). The Kier molecular flexibility index (Phi) is 6.15. The van der Waals surface area contributed by atoms with Crippen molar-refractivity contribution in [2.45, 2.75) is 39.5 Å². The van der Waals surface area contributed by atoms with Gasteiger partial charge in [-0.25, -0.2) is 4.98 Å². The second-order valence-electron chi connectivity index (χ2n) is 7.50. The van der Waals surface area contributed by atoms with Crippen LogP contribution in [0, 0.1) is 0 Å². The molecule has 4 heteroatoms. The first kappa shape index (κ1) is 19.4. The molecule has 3 aromatic rings. The van der Waals surface area contributed by atoms with Crippen LogP contribution in [-0.4, -0.2) is 10.6 Å². The summed E-state index contributed by atoms with van der Waals surface area (Å²) in [6.07, 6.45) is 1.85. The number of benzene rings is 2. The maximum Gasteiger partial charge on any atom is 0.213 e. The third-order valence-corrected chi connectivity index (χ3v) is 4.30. The number of nitrogens with one attached hydrogen (secondary N) is 1. The highest BCUT2D eigenvalue weighted by Gasteiger charge is 2.12. The average molecular weight is 381 g/mol. The van der Waals surface area contributed by atoms with E-state index in [1.54, 1.807) is 0 Å². The number of halogens is 1. The lowest BCUT2D eigenvalue weighted by Gasteiger charge is -2.20. The van der Waals surface area contributed by atoms with E-state index in [0.717, 1.165) is 40.4 Å². The lowest BCUT2D eigenvalue weighted by atomic mass is 10.0. The van der Waals surface area contributed by atoms with Gasteiger partial charge in [-0.2, -0.15) is 0 Å². The fourth-order valence-electron chi connectivity index (χ4n) is 2.76. The number of ether oxygens (including phenoxy) is 1. The van der Waals surface area contributed by atoms with Gasteiger partial charge in [0.1, 0.15) is 5.60 Å². The van der Waals surface area contributed by atoms with E-state index in [4.69, 9.17) is 16.3 Å². The Bertz CT molecular complexity index is 871. The topological polar surface area (TPSA) is 34.1 Å². The van der Waals surface area contributed by atoms with E-state index in [0.29, 0.717) is 5.88 Å². The summed E-state index contributed by atoms with van der Waals surface area (Å²) in [7, 11) is 0. The molecule has 3 nitrogen and oxygen atoms in total. The smallest absolute Gasteiger partial charge is 0.213 e.